The molecule has 3 nitrogen and oxygen atoms in total. The van der Waals surface area contributed by atoms with E-state index in [-0.39, 0.29) is 17.6 Å². The summed E-state index contributed by atoms with van der Waals surface area (Å²) >= 11 is 1.82. The minimum absolute atomic E-state index is 0.0272. The molecule has 1 aliphatic rings. The van der Waals surface area contributed by atoms with Crippen LogP contribution in [0.15, 0.2) is 35.8 Å². The molecule has 130 valence electrons. The van der Waals surface area contributed by atoms with E-state index in [0.29, 0.717) is 0 Å². The third kappa shape index (κ3) is 3.56. The van der Waals surface area contributed by atoms with Gasteiger partial charge in [0.15, 0.2) is 0 Å². The zero-order valence-electron chi connectivity index (χ0n) is 15.0. The molecule has 0 spiro atoms. The van der Waals surface area contributed by atoms with Crippen LogP contribution in [0.2, 0.25) is 0 Å². The topological polar surface area (TPSA) is 36.4 Å². The van der Waals surface area contributed by atoms with E-state index in [9.17, 15) is 5.11 Å². The number of likely N-dealkylation sites (tertiary alicyclic amines) is 1. The van der Waals surface area contributed by atoms with Crippen LogP contribution >= 0.6 is 11.3 Å². The van der Waals surface area contributed by atoms with E-state index in [0.717, 1.165) is 38.0 Å². The summed E-state index contributed by atoms with van der Waals surface area (Å²) in [6, 6.07) is 8.58. The van der Waals surface area contributed by atoms with Gasteiger partial charge in [0, 0.05) is 40.9 Å². The average Bonchev–Trinajstić information content (AvgIpc) is 3.24. The van der Waals surface area contributed by atoms with Gasteiger partial charge >= 0.3 is 0 Å². The predicted octanol–water partition coefficient (Wildman–Crippen LogP) is 4.00. The molecule has 3 rings (SSSR count). The molecule has 24 heavy (non-hydrogen) atoms. The fourth-order valence-corrected chi connectivity index (χ4v) is 4.39. The number of pyridine rings is 1. The summed E-state index contributed by atoms with van der Waals surface area (Å²) in [6.45, 7) is 8.82. The second-order valence-corrected chi connectivity index (χ2v) is 8.69. The van der Waals surface area contributed by atoms with Crippen LogP contribution in [0.5, 0.6) is 0 Å². The number of hydrogen-bond acceptors (Lipinski definition) is 4. The van der Waals surface area contributed by atoms with E-state index in [1.807, 2.05) is 24.5 Å². The fourth-order valence-electron chi connectivity index (χ4n) is 3.68. The number of rotatable bonds is 6. The molecule has 1 atom stereocenters. The van der Waals surface area contributed by atoms with Gasteiger partial charge in [-0.3, -0.25) is 9.88 Å². The third-order valence-electron chi connectivity index (χ3n) is 5.66. The lowest BCUT2D eigenvalue weighted by atomic mass is 9.82. The summed E-state index contributed by atoms with van der Waals surface area (Å²) in [7, 11) is 0. The molecule has 0 amide bonds. The van der Waals surface area contributed by atoms with Crippen molar-refractivity contribution in [3.05, 3.63) is 52.0 Å². The van der Waals surface area contributed by atoms with Crippen molar-refractivity contribution in [1.29, 1.82) is 0 Å². The molecule has 0 bridgehead atoms. The molecule has 0 radical (unpaired) electrons. The maximum absolute atomic E-state index is 10.1. The van der Waals surface area contributed by atoms with E-state index in [2.05, 4.69) is 53.4 Å². The van der Waals surface area contributed by atoms with Gasteiger partial charge in [0.25, 0.3) is 0 Å². The van der Waals surface area contributed by atoms with Gasteiger partial charge in [0.2, 0.25) is 0 Å². The van der Waals surface area contributed by atoms with Crippen LogP contribution in [0.3, 0.4) is 0 Å². The molecule has 1 saturated heterocycles. The van der Waals surface area contributed by atoms with Crippen LogP contribution in [-0.4, -0.2) is 34.7 Å². The Labute approximate surface area is 149 Å². The van der Waals surface area contributed by atoms with Gasteiger partial charge in [-0.1, -0.05) is 12.1 Å². The Bertz CT molecular complexity index is 651. The molecule has 2 aromatic rings. The number of aryl methyl sites for hydroxylation is 2. The highest BCUT2D eigenvalue weighted by Gasteiger charge is 2.43. The van der Waals surface area contributed by atoms with Crippen molar-refractivity contribution in [3.8, 4) is 0 Å². The lowest BCUT2D eigenvalue weighted by Crippen LogP contribution is -2.42. The summed E-state index contributed by atoms with van der Waals surface area (Å²) in [4.78, 5) is 8.41. The second kappa shape index (κ2) is 6.95. The predicted molar refractivity (Wildman–Crippen MR) is 100 cm³/mol. The molecule has 2 aromatic heterocycles. The SMILES string of the molecule is Cc1ccc(C(C)(C)N2CCC(CO)(CCc3cccs3)C2)cn1. The molecule has 0 saturated carbocycles. The molecular weight excluding hydrogens is 316 g/mol. The maximum atomic E-state index is 10.1. The monoisotopic (exact) mass is 344 g/mol. The Balaban J connectivity index is 1.70. The van der Waals surface area contributed by atoms with E-state index in [1.54, 1.807) is 0 Å². The van der Waals surface area contributed by atoms with Crippen LogP contribution in [0.25, 0.3) is 0 Å². The standard InChI is InChI=1S/C20H28N2OS/c1-16-6-7-17(13-21-16)19(2,3)22-11-10-20(14-22,15-23)9-8-18-5-4-12-24-18/h4-7,12-13,23H,8-11,14-15H2,1-3H3. The molecular formula is C20H28N2OS. The highest BCUT2D eigenvalue weighted by atomic mass is 32.1. The Kier molecular flexibility index (Phi) is 5.09. The number of aliphatic hydroxyl groups excluding tert-OH is 1. The largest absolute Gasteiger partial charge is 0.396 e. The Hall–Kier alpha value is -1.23. The highest BCUT2D eigenvalue weighted by molar-refractivity contribution is 7.09. The lowest BCUT2D eigenvalue weighted by molar-refractivity contribution is 0.0871. The molecule has 4 heteroatoms. The van der Waals surface area contributed by atoms with Crippen molar-refractivity contribution in [2.24, 2.45) is 5.41 Å². The first-order valence-electron chi connectivity index (χ1n) is 8.77. The number of hydrogen-bond donors (Lipinski definition) is 1. The highest BCUT2D eigenvalue weighted by Crippen LogP contribution is 2.41. The van der Waals surface area contributed by atoms with E-state index in [1.165, 1.54) is 10.4 Å². The Morgan fingerprint density at radius 1 is 1.33 bits per heavy atom. The molecule has 1 N–H and O–H groups in total. The van der Waals surface area contributed by atoms with Crippen LogP contribution < -0.4 is 0 Å². The minimum atomic E-state index is -0.0550. The first-order chi connectivity index (χ1) is 11.5. The van der Waals surface area contributed by atoms with Crippen molar-refractivity contribution >= 4 is 11.3 Å². The number of aliphatic hydroxyl groups is 1. The summed E-state index contributed by atoms with van der Waals surface area (Å²) in [5, 5.41) is 12.2. The van der Waals surface area contributed by atoms with Crippen molar-refractivity contribution in [2.45, 2.75) is 45.6 Å². The second-order valence-electron chi connectivity index (χ2n) is 7.66. The van der Waals surface area contributed by atoms with Crippen molar-refractivity contribution in [2.75, 3.05) is 19.7 Å². The zero-order chi connectivity index (χ0) is 17.2. The molecule has 1 aliphatic heterocycles. The first kappa shape index (κ1) is 17.6. The van der Waals surface area contributed by atoms with Gasteiger partial charge < -0.3 is 5.11 Å². The molecule has 0 aromatic carbocycles. The number of nitrogens with zero attached hydrogens (tertiary/aromatic N) is 2. The van der Waals surface area contributed by atoms with Gasteiger partial charge in [-0.05, 0) is 69.7 Å². The first-order valence-corrected chi connectivity index (χ1v) is 9.65. The summed E-state index contributed by atoms with van der Waals surface area (Å²) in [5.74, 6) is 0. The fraction of sp³-hybridized carbons (Fsp3) is 0.550. The van der Waals surface area contributed by atoms with Crippen molar-refractivity contribution in [3.63, 3.8) is 0 Å². The quantitative estimate of drug-likeness (QED) is 0.860. The number of aromatic nitrogens is 1. The molecule has 1 fully saturated rings. The van der Waals surface area contributed by atoms with Gasteiger partial charge in [0.05, 0.1) is 0 Å². The molecule has 1 unspecified atom stereocenters. The zero-order valence-corrected chi connectivity index (χ0v) is 15.8. The lowest BCUT2D eigenvalue weighted by Gasteiger charge is -2.37. The van der Waals surface area contributed by atoms with Gasteiger partial charge in [-0.2, -0.15) is 0 Å². The minimum Gasteiger partial charge on any atom is -0.396 e. The van der Waals surface area contributed by atoms with Gasteiger partial charge in [-0.15, -0.1) is 11.3 Å². The summed E-state index contributed by atoms with van der Waals surface area (Å²) < 4.78 is 0. The van der Waals surface area contributed by atoms with Crippen LogP contribution in [0.1, 0.15) is 42.8 Å². The van der Waals surface area contributed by atoms with Gasteiger partial charge in [-0.25, -0.2) is 0 Å². The Morgan fingerprint density at radius 2 is 2.17 bits per heavy atom. The molecule has 3 heterocycles. The van der Waals surface area contributed by atoms with Crippen LogP contribution in [0.4, 0.5) is 0 Å². The van der Waals surface area contributed by atoms with Crippen molar-refractivity contribution in [1.82, 2.24) is 9.88 Å². The van der Waals surface area contributed by atoms with E-state index in [4.69, 9.17) is 0 Å². The van der Waals surface area contributed by atoms with Gasteiger partial charge in [0.1, 0.15) is 0 Å². The van der Waals surface area contributed by atoms with E-state index >= 15 is 0 Å². The van der Waals surface area contributed by atoms with Crippen LogP contribution in [0, 0.1) is 12.3 Å². The normalized spacial score (nSPS) is 22.2. The smallest absolute Gasteiger partial charge is 0.0500 e. The Morgan fingerprint density at radius 3 is 2.79 bits per heavy atom. The summed E-state index contributed by atoms with van der Waals surface area (Å²) in [6.07, 6.45) is 5.19. The number of thiophene rings is 1. The summed E-state index contributed by atoms with van der Waals surface area (Å²) in [5.41, 5.74) is 2.27. The third-order valence-corrected chi connectivity index (χ3v) is 6.60. The molecule has 0 aliphatic carbocycles. The van der Waals surface area contributed by atoms with Crippen LogP contribution in [-0.2, 0) is 12.0 Å². The van der Waals surface area contributed by atoms with E-state index < -0.39 is 0 Å². The average molecular weight is 345 g/mol. The van der Waals surface area contributed by atoms with Crippen molar-refractivity contribution < 1.29 is 5.11 Å². The maximum Gasteiger partial charge on any atom is 0.0500 e.